The molecule has 3 aliphatic rings. The molecule has 1 aliphatic heterocycles. The van der Waals surface area contributed by atoms with Gasteiger partial charge in [-0.2, -0.15) is 5.10 Å². The first-order chi connectivity index (χ1) is 17.1. The van der Waals surface area contributed by atoms with Gasteiger partial charge < -0.3 is 0 Å². The summed E-state index contributed by atoms with van der Waals surface area (Å²) < 4.78 is 0. The summed E-state index contributed by atoms with van der Waals surface area (Å²) in [6, 6.07) is 17.8. The van der Waals surface area contributed by atoms with Crippen molar-refractivity contribution in [1.29, 1.82) is 0 Å². The van der Waals surface area contributed by atoms with Crippen molar-refractivity contribution in [3.05, 3.63) is 96.7 Å². The number of nitrogens with zero attached hydrogens (tertiary/aromatic N) is 2. The molecule has 1 saturated carbocycles. The molecule has 2 heterocycles. The number of hydrogen-bond donors (Lipinski definition) is 0. The van der Waals surface area contributed by atoms with Gasteiger partial charge in [-0.05, 0) is 104 Å². The Labute approximate surface area is 220 Å². The average Bonchev–Trinajstić information content (AvgIpc) is 3.48. The first-order valence-electron chi connectivity index (χ1n) is 12.3. The van der Waals surface area contributed by atoms with Crippen LogP contribution in [0.5, 0.6) is 0 Å². The summed E-state index contributed by atoms with van der Waals surface area (Å²) in [4.78, 5) is 16.1. The van der Waals surface area contributed by atoms with E-state index in [1.165, 1.54) is 28.9 Å². The van der Waals surface area contributed by atoms with Gasteiger partial charge in [0.1, 0.15) is 0 Å². The van der Waals surface area contributed by atoms with Crippen LogP contribution in [-0.4, -0.2) is 16.6 Å². The Balaban J connectivity index is 1.41. The van der Waals surface area contributed by atoms with E-state index in [-0.39, 0.29) is 17.9 Å². The van der Waals surface area contributed by atoms with E-state index in [1.54, 1.807) is 16.3 Å². The number of allylic oxidation sites excluding steroid dienone is 1. The maximum Gasteiger partial charge on any atom is 0.284 e. The van der Waals surface area contributed by atoms with E-state index >= 15 is 0 Å². The third-order valence-electron chi connectivity index (χ3n) is 7.34. The lowest BCUT2D eigenvalue weighted by Gasteiger charge is -2.29. The molecule has 0 saturated heterocycles. The van der Waals surface area contributed by atoms with Gasteiger partial charge in [0.25, 0.3) is 5.91 Å². The fourth-order valence-corrected chi connectivity index (χ4v) is 7.07. The molecule has 0 spiro atoms. The predicted molar refractivity (Wildman–Crippen MR) is 146 cm³/mol. The number of hydrazone groups is 1. The van der Waals surface area contributed by atoms with E-state index in [9.17, 15) is 4.79 Å². The van der Waals surface area contributed by atoms with E-state index in [4.69, 9.17) is 28.3 Å². The first-order valence-corrected chi connectivity index (χ1v) is 13.9. The standard InChI is InChI=1S/C29H26Cl2N2OS/c30-22-12-8-18(9-13-22)16-21-5-3-6-24-27(21)32-33(28(24)19-10-14-23(31)15-11-19)29(34)26-17-20-4-1-2-7-25(20)35-26/h8-17,24,28H,1-7H2/b21-16+/t24-,28-/m0/s1. The summed E-state index contributed by atoms with van der Waals surface area (Å²) in [7, 11) is 0. The predicted octanol–water partition coefficient (Wildman–Crippen LogP) is 8.37. The lowest BCUT2D eigenvalue weighted by atomic mass is 9.77. The lowest BCUT2D eigenvalue weighted by Crippen LogP contribution is -2.31. The van der Waals surface area contributed by atoms with Gasteiger partial charge in [-0.15, -0.1) is 11.3 Å². The first kappa shape index (κ1) is 23.0. The maximum absolute atomic E-state index is 13.9. The zero-order valence-corrected chi connectivity index (χ0v) is 21.7. The minimum absolute atomic E-state index is 0.0112. The molecule has 6 heteroatoms. The van der Waals surface area contributed by atoms with Crippen molar-refractivity contribution in [3.8, 4) is 0 Å². The second-order valence-corrected chi connectivity index (χ2v) is 11.6. The van der Waals surface area contributed by atoms with Gasteiger partial charge in [0.2, 0.25) is 0 Å². The highest BCUT2D eigenvalue weighted by Gasteiger charge is 2.44. The molecule has 1 amide bonds. The van der Waals surface area contributed by atoms with Crippen molar-refractivity contribution in [3.63, 3.8) is 0 Å². The van der Waals surface area contributed by atoms with Crippen LogP contribution >= 0.6 is 34.5 Å². The van der Waals surface area contributed by atoms with Crippen LogP contribution in [0.3, 0.4) is 0 Å². The van der Waals surface area contributed by atoms with Crippen LogP contribution < -0.4 is 0 Å². The number of carbonyl (C=O) groups is 1. The maximum atomic E-state index is 13.9. The molecule has 1 aromatic heterocycles. The fraction of sp³-hybridized carbons (Fsp3) is 0.310. The third kappa shape index (κ3) is 4.48. The minimum atomic E-state index is -0.122. The van der Waals surface area contributed by atoms with Crippen molar-refractivity contribution in [2.24, 2.45) is 11.0 Å². The molecule has 2 atom stereocenters. The van der Waals surface area contributed by atoms with Crippen LogP contribution in [0.15, 0.2) is 65.3 Å². The van der Waals surface area contributed by atoms with Crippen molar-refractivity contribution in [2.45, 2.75) is 51.0 Å². The fourth-order valence-electron chi connectivity index (χ4n) is 5.63. The summed E-state index contributed by atoms with van der Waals surface area (Å²) in [5, 5.41) is 8.24. The summed E-state index contributed by atoms with van der Waals surface area (Å²) in [6.07, 6.45) is 9.82. The van der Waals surface area contributed by atoms with Gasteiger partial charge in [0, 0.05) is 20.8 Å². The van der Waals surface area contributed by atoms with Crippen molar-refractivity contribution < 1.29 is 4.79 Å². The average molecular weight is 522 g/mol. The molecule has 3 nitrogen and oxygen atoms in total. The SMILES string of the molecule is O=C(c1cc2c(s1)CCCC2)N1N=C2/C(=C/c3ccc(Cl)cc3)CCC[C@@H]2[C@@H]1c1ccc(Cl)cc1. The number of aryl methyl sites for hydroxylation is 2. The largest absolute Gasteiger partial charge is 0.284 e. The molecular formula is C29H26Cl2N2OS. The molecule has 0 radical (unpaired) electrons. The van der Waals surface area contributed by atoms with Gasteiger partial charge >= 0.3 is 0 Å². The molecule has 0 bridgehead atoms. The second kappa shape index (κ2) is 9.57. The number of fused-ring (bicyclic) bond motifs is 2. The number of benzene rings is 2. The smallest absolute Gasteiger partial charge is 0.266 e. The number of amides is 1. The number of halogens is 2. The minimum Gasteiger partial charge on any atom is -0.266 e. The van der Waals surface area contributed by atoms with E-state index in [0.29, 0.717) is 5.02 Å². The van der Waals surface area contributed by atoms with E-state index in [1.807, 2.05) is 48.5 Å². The van der Waals surface area contributed by atoms with Crippen LogP contribution in [0, 0.1) is 5.92 Å². The molecule has 0 N–H and O–H groups in total. The molecule has 0 unspecified atom stereocenters. The molecule has 3 aromatic rings. The number of carbonyl (C=O) groups excluding carboxylic acids is 1. The quantitative estimate of drug-likeness (QED) is 0.341. The molecule has 2 aliphatic carbocycles. The lowest BCUT2D eigenvalue weighted by molar-refractivity contribution is 0.0686. The third-order valence-corrected chi connectivity index (χ3v) is 9.07. The zero-order chi connectivity index (χ0) is 23.9. The Morgan fingerprint density at radius 1 is 0.943 bits per heavy atom. The number of rotatable bonds is 3. The molecular weight excluding hydrogens is 495 g/mol. The van der Waals surface area contributed by atoms with E-state index < -0.39 is 0 Å². The Morgan fingerprint density at radius 2 is 1.66 bits per heavy atom. The topological polar surface area (TPSA) is 32.7 Å². The summed E-state index contributed by atoms with van der Waals surface area (Å²) in [5.74, 6) is 0.180. The molecule has 1 fully saturated rings. The highest BCUT2D eigenvalue weighted by molar-refractivity contribution is 7.14. The Morgan fingerprint density at radius 3 is 2.40 bits per heavy atom. The summed E-state index contributed by atoms with van der Waals surface area (Å²) in [6.45, 7) is 0. The van der Waals surface area contributed by atoms with Gasteiger partial charge in [-0.25, -0.2) is 5.01 Å². The number of hydrogen-bond acceptors (Lipinski definition) is 3. The number of thiophene rings is 1. The molecule has 2 aromatic carbocycles. The van der Waals surface area contributed by atoms with Crippen LogP contribution in [0.2, 0.25) is 10.0 Å². The second-order valence-electron chi connectivity index (χ2n) is 9.62. The van der Waals surface area contributed by atoms with Gasteiger partial charge in [0.15, 0.2) is 0 Å². The van der Waals surface area contributed by atoms with Crippen molar-refractivity contribution >= 4 is 52.2 Å². The Bertz CT molecular complexity index is 1300. The zero-order valence-electron chi connectivity index (χ0n) is 19.3. The van der Waals surface area contributed by atoms with E-state index in [0.717, 1.165) is 58.8 Å². The van der Waals surface area contributed by atoms with Gasteiger partial charge in [-0.1, -0.05) is 47.5 Å². The molecule has 6 rings (SSSR count). The monoisotopic (exact) mass is 520 g/mol. The molecule has 35 heavy (non-hydrogen) atoms. The Hall–Kier alpha value is -2.40. The summed E-state index contributed by atoms with van der Waals surface area (Å²) >= 11 is 14.0. The van der Waals surface area contributed by atoms with Crippen LogP contribution in [0.4, 0.5) is 0 Å². The highest BCUT2D eigenvalue weighted by atomic mass is 35.5. The molecule has 178 valence electrons. The van der Waals surface area contributed by atoms with E-state index in [2.05, 4.69) is 12.1 Å². The van der Waals surface area contributed by atoms with Crippen LogP contribution in [0.1, 0.15) is 69.4 Å². The Kier molecular flexibility index (Phi) is 6.30. The normalized spacial score (nSPS) is 22.6. The van der Waals surface area contributed by atoms with Crippen LogP contribution in [-0.2, 0) is 12.8 Å². The van der Waals surface area contributed by atoms with Gasteiger partial charge in [0.05, 0.1) is 16.6 Å². The van der Waals surface area contributed by atoms with Crippen molar-refractivity contribution in [1.82, 2.24) is 5.01 Å². The van der Waals surface area contributed by atoms with Crippen molar-refractivity contribution in [2.75, 3.05) is 0 Å². The highest BCUT2D eigenvalue weighted by Crippen LogP contribution is 2.45. The summed E-state index contributed by atoms with van der Waals surface area (Å²) in [5.41, 5.74) is 5.79. The van der Waals surface area contributed by atoms with Gasteiger partial charge in [-0.3, -0.25) is 4.79 Å². The van der Waals surface area contributed by atoms with Crippen LogP contribution in [0.25, 0.3) is 6.08 Å².